The molecule has 1 rings (SSSR count). The molecule has 0 aliphatic heterocycles. The van der Waals surface area contributed by atoms with Crippen LogP contribution in [0.15, 0.2) is 17.0 Å². The second-order valence-electron chi connectivity index (χ2n) is 3.43. The van der Waals surface area contributed by atoms with Gasteiger partial charge < -0.3 is 5.73 Å². The van der Waals surface area contributed by atoms with Crippen LogP contribution < -0.4 is 5.73 Å². The predicted molar refractivity (Wildman–Crippen MR) is 62.9 cm³/mol. The van der Waals surface area contributed by atoms with Gasteiger partial charge in [0.2, 0.25) is 10.0 Å². The zero-order chi connectivity index (χ0) is 14.1. The van der Waals surface area contributed by atoms with Crippen molar-refractivity contribution in [2.75, 3.05) is 13.6 Å². The third kappa shape index (κ3) is 2.98. The smallest absolute Gasteiger partial charge is 0.249 e. The van der Waals surface area contributed by atoms with Crippen molar-refractivity contribution in [2.45, 2.75) is 4.90 Å². The summed E-state index contributed by atoms with van der Waals surface area (Å²) in [6.07, 6.45) is 0. The number of thiocarbonyl (C=S) groups is 1. The Kier molecular flexibility index (Phi) is 4.30. The molecule has 0 atom stereocenters. The lowest BCUT2D eigenvalue weighted by molar-refractivity contribution is 0.466. The van der Waals surface area contributed by atoms with Crippen LogP contribution in [-0.2, 0) is 10.0 Å². The van der Waals surface area contributed by atoms with Gasteiger partial charge in [-0.1, -0.05) is 12.2 Å². The zero-order valence-electron chi connectivity index (χ0n) is 9.15. The van der Waals surface area contributed by atoms with Crippen LogP contribution in [0.2, 0.25) is 0 Å². The van der Waals surface area contributed by atoms with E-state index in [2.05, 4.69) is 12.2 Å². The highest BCUT2D eigenvalue weighted by molar-refractivity contribution is 7.89. The molecule has 0 saturated heterocycles. The van der Waals surface area contributed by atoms with E-state index in [0.717, 1.165) is 7.05 Å². The fraction of sp³-hybridized carbons (Fsp3) is 0.222. The number of rotatable bonds is 4. The molecular weight excluding hydrogens is 289 g/mol. The molecule has 0 saturated carbocycles. The van der Waals surface area contributed by atoms with Crippen molar-refractivity contribution in [1.82, 2.24) is 4.31 Å². The minimum Gasteiger partial charge on any atom is -0.392 e. The number of sulfonamides is 1. The average Bonchev–Trinajstić information content (AvgIpc) is 2.13. The topological polar surface area (TPSA) is 63.4 Å². The van der Waals surface area contributed by atoms with Crippen LogP contribution in [0, 0.1) is 17.5 Å². The molecule has 1 aromatic rings. The Morgan fingerprint density at radius 3 is 2.17 bits per heavy atom. The van der Waals surface area contributed by atoms with E-state index in [9.17, 15) is 21.6 Å². The summed E-state index contributed by atoms with van der Waals surface area (Å²) in [7, 11) is -3.41. The summed E-state index contributed by atoms with van der Waals surface area (Å²) in [5.74, 6) is -4.23. The molecule has 0 amide bonds. The Balaban J connectivity index is 3.33. The normalized spacial score (nSPS) is 11.8. The first-order valence-corrected chi connectivity index (χ1v) is 6.40. The van der Waals surface area contributed by atoms with Gasteiger partial charge in [-0.3, -0.25) is 0 Å². The van der Waals surface area contributed by atoms with Crippen molar-refractivity contribution >= 4 is 27.2 Å². The van der Waals surface area contributed by atoms with E-state index in [-0.39, 0.29) is 23.7 Å². The van der Waals surface area contributed by atoms with Crippen molar-refractivity contribution in [2.24, 2.45) is 5.73 Å². The van der Waals surface area contributed by atoms with Crippen molar-refractivity contribution < 1.29 is 21.6 Å². The molecule has 9 heteroatoms. The summed E-state index contributed by atoms with van der Waals surface area (Å²) in [4.78, 5) is -1.40. The SMILES string of the molecule is CN(CC(N)=S)S(=O)(=O)c1c(F)cc(F)cc1F. The van der Waals surface area contributed by atoms with Crippen molar-refractivity contribution in [3.05, 3.63) is 29.6 Å². The quantitative estimate of drug-likeness (QED) is 0.843. The third-order valence-electron chi connectivity index (χ3n) is 2.01. The molecular formula is C9H9F3N2O2S2. The molecule has 1 aromatic carbocycles. The van der Waals surface area contributed by atoms with E-state index in [0.29, 0.717) is 4.31 Å². The third-order valence-corrected chi connectivity index (χ3v) is 3.99. The van der Waals surface area contributed by atoms with Crippen LogP contribution in [0.5, 0.6) is 0 Å². The fourth-order valence-corrected chi connectivity index (χ4v) is 2.74. The lowest BCUT2D eigenvalue weighted by Crippen LogP contribution is -2.35. The fourth-order valence-electron chi connectivity index (χ4n) is 1.24. The number of hydrogen-bond donors (Lipinski definition) is 1. The van der Waals surface area contributed by atoms with Crippen LogP contribution in [0.25, 0.3) is 0 Å². The largest absolute Gasteiger partial charge is 0.392 e. The van der Waals surface area contributed by atoms with Gasteiger partial charge in [-0.15, -0.1) is 0 Å². The van der Waals surface area contributed by atoms with Gasteiger partial charge in [-0.25, -0.2) is 21.6 Å². The van der Waals surface area contributed by atoms with E-state index in [1.54, 1.807) is 0 Å². The van der Waals surface area contributed by atoms with Gasteiger partial charge >= 0.3 is 0 Å². The van der Waals surface area contributed by atoms with Crippen molar-refractivity contribution in [1.29, 1.82) is 0 Å². The van der Waals surface area contributed by atoms with Crippen LogP contribution in [0.4, 0.5) is 13.2 Å². The highest BCUT2D eigenvalue weighted by Crippen LogP contribution is 2.22. The van der Waals surface area contributed by atoms with Crippen LogP contribution in [0.1, 0.15) is 0 Å². The maximum absolute atomic E-state index is 13.4. The lowest BCUT2D eigenvalue weighted by atomic mass is 10.3. The summed E-state index contributed by atoms with van der Waals surface area (Å²) in [6.45, 7) is -0.381. The van der Waals surface area contributed by atoms with Crippen molar-refractivity contribution in [3.8, 4) is 0 Å². The summed E-state index contributed by atoms with van der Waals surface area (Å²) in [5.41, 5.74) is 5.15. The molecule has 0 spiro atoms. The Labute approximate surface area is 107 Å². The number of likely N-dealkylation sites (N-methyl/N-ethyl adjacent to an activating group) is 1. The van der Waals surface area contributed by atoms with Gasteiger partial charge in [0.05, 0.1) is 11.5 Å². The zero-order valence-corrected chi connectivity index (χ0v) is 10.8. The molecule has 0 fully saturated rings. The first kappa shape index (κ1) is 14.9. The van der Waals surface area contributed by atoms with E-state index in [4.69, 9.17) is 5.73 Å². The molecule has 0 aliphatic rings. The Bertz CT molecular complexity index is 566. The van der Waals surface area contributed by atoms with Crippen molar-refractivity contribution in [3.63, 3.8) is 0 Å². The number of nitrogens with zero attached hydrogens (tertiary/aromatic N) is 1. The molecule has 4 nitrogen and oxygen atoms in total. The Morgan fingerprint density at radius 2 is 1.78 bits per heavy atom. The van der Waals surface area contributed by atoms with E-state index in [1.165, 1.54) is 0 Å². The molecule has 2 N–H and O–H groups in total. The van der Waals surface area contributed by atoms with Gasteiger partial charge in [0.1, 0.15) is 17.5 Å². The Morgan fingerprint density at radius 1 is 1.33 bits per heavy atom. The number of nitrogens with two attached hydrogens (primary N) is 1. The maximum Gasteiger partial charge on any atom is 0.249 e. The Hall–Kier alpha value is -1.19. The summed E-state index contributed by atoms with van der Waals surface area (Å²) in [5, 5.41) is 0. The van der Waals surface area contributed by atoms with Gasteiger partial charge in [0, 0.05) is 19.2 Å². The molecule has 100 valence electrons. The second kappa shape index (κ2) is 5.21. The predicted octanol–water partition coefficient (Wildman–Crippen LogP) is 1.01. The molecule has 0 unspecified atom stereocenters. The van der Waals surface area contributed by atoms with Gasteiger partial charge in [0.15, 0.2) is 4.90 Å². The lowest BCUT2D eigenvalue weighted by Gasteiger charge is -2.17. The highest BCUT2D eigenvalue weighted by Gasteiger charge is 2.29. The first-order valence-electron chi connectivity index (χ1n) is 4.55. The van der Waals surface area contributed by atoms with Crippen LogP contribution >= 0.6 is 12.2 Å². The molecule has 0 aromatic heterocycles. The molecule has 0 heterocycles. The molecule has 0 aliphatic carbocycles. The molecule has 0 bridgehead atoms. The van der Waals surface area contributed by atoms with E-state index < -0.39 is 32.4 Å². The second-order valence-corrected chi connectivity index (χ2v) is 5.93. The minimum atomic E-state index is -4.46. The molecule has 18 heavy (non-hydrogen) atoms. The average molecular weight is 298 g/mol. The van der Waals surface area contributed by atoms with Crippen LogP contribution in [0.3, 0.4) is 0 Å². The van der Waals surface area contributed by atoms with Gasteiger partial charge in [-0.2, -0.15) is 4.31 Å². The first-order chi connectivity index (χ1) is 8.16. The summed E-state index contributed by atoms with van der Waals surface area (Å²) in [6, 6.07) is 0.565. The number of halogens is 3. The monoisotopic (exact) mass is 298 g/mol. The maximum atomic E-state index is 13.4. The number of hydrogen-bond acceptors (Lipinski definition) is 3. The van der Waals surface area contributed by atoms with Crippen LogP contribution in [-0.4, -0.2) is 31.3 Å². The molecule has 0 radical (unpaired) electrons. The number of benzene rings is 1. The standard InChI is InChI=1S/C9H9F3N2O2S2/c1-14(4-8(13)17)18(15,16)9-6(11)2-5(10)3-7(9)12/h2-3H,4H2,1H3,(H2,13,17). The van der Waals surface area contributed by atoms with Gasteiger partial charge in [-0.05, 0) is 0 Å². The minimum absolute atomic E-state index is 0.163. The summed E-state index contributed by atoms with van der Waals surface area (Å²) < 4.78 is 63.6. The van der Waals surface area contributed by atoms with E-state index >= 15 is 0 Å². The van der Waals surface area contributed by atoms with E-state index in [1.807, 2.05) is 0 Å². The highest BCUT2D eigenvalue weighted by atomic mass is 32.2. The summed E-state index contributed by atoms with van der Waals surface area (Å²) >= 11 is 4.50. The van der Waals surface area contributed by atoms with Gasteiger partial charge in [0.25, 0.3) is 0 Å².